The zero-order chi connectivity index (χ0) is 28.1. The van der Waals surface area contributed by atoms with Gasteiger partial charge in [0.1, 0.15) is 23.9 Å². The van der Waals surface area contributed by atoms with Gasteiger partial charge in [-0.15, -0.1) is 0 Å². The van der Waals surface area contributed by atoms with E-state index in [1.165, 1.54) is 23.9 Å². The van der Waals surface area contributed by atoms with Gasteiger partial charge in [0.15, 0.2) is 0 Å². The minimum absolute atomic E-state index is 0.0830. The second-order valence-corrected chi connectivity index (χ2v) is 9.75. The van der Waals surface area contributed by atoms with Crippen molar-refractivity contribution in [2.24, 2.45) is 17.4 Å². The molecule has 0 saturated heterocycles. The Morgan fingerprint density at radius 1 is 0.973 bits per heavy atom. The van der Waals surface area contributed by atoms with E-state index < -0.39 is 60.2 Å². The number of nitrogens with two attached hydrogens (primary N) is 2. The van der Waals surface area contributed by atoms with Crippen LogP contribution in [0.2, 0.25) is 0 Å². The summed E-state index contributed by atoms with van der Waals surface area (Å²) >= 11 is 1.42. The van der Waals surface area contributed by atoms with E-state index in [4.69, 9.17) is 11.5 Å². The molecule has 1 rings (SSSR count). The van der Waals surface area contributed by atoms with Crippen molar-refractivity contribution in [3.05, 3.63) is 29.8 Å². The first kappa shape index (κ1) is 31.7. The molecule has 0 saturated carbocycles. The van der Waals surface area contributed by atoms with Crippen LogP contribution in [0.25, 0.3) is 0 Å². The Morgan fingerprint density at radius 2 is 1.57 bits per heavy atom. The van der Waals surface area contributed by atoms with E-state index in [1.807, 2.05) is 13.2 Å². The molecule has 1 aromatic carbocycles. The van der Waals surface area contributed by atoms with E-state index in [9.17, 15) is 34.2 Å². The van der Waals surface area contributed by atoms with Gasteiger partial charge in [-0.25, -0.2) is 4.79 Å². The Balaban J connectivity index is 2.98. The maximum atomic E-state index is 13.2. The summed E-state index contributed by atoms with van der Waals surface area (Å²) in [5, 5.41) is 26.2. The summed E-state index contributed by atoms with van der Waals surface area (Å²) in [5.74, 6) is -4.06. The number of phenolic OH excluding ortho intramolecular Hbond substituents is 1. The molecule has 1 aromatic rings. The predicted molar refractivity (Wildman–Crippen MR) is 139 cm³/mol. The SMILES string of the molecule is CCC(C)C(NC(=O)C(N)Cc1ccc(O)cc1)C(=O)NC(CCSC)C(=O)NC(CC(N)=O)C(=O)O. The third kappa shape index (κ3) is 11.1. The van der Waals surface area contributed by atoms with Gasteiger partial charge in [0.2, 0.25) is 23.6 Å². The maximum Gasteiger partial charge on any atom is 0.326 e. The van der Waals surface area contributed by atoms with Crippen molar-refractivity contribution < 1.29 is 34.2 Å². The molecule has 0 aliphatic carbocycles. The molecule has 13 heteroatoms. The zero-order valence-corrected chi connectivity index (χ0v) is 22.0. The number of aliphatic carboxylic acids is 1. The summed E-state index contributed by atoms with van der Waals surface area (Å²) in [4.78, 5) is 61.4. The Morgan fingerprint density at radius 3 is 2.08 bits per heavy atom. The Bertz CT molecular complexity index is 944. The van der Waals surface area contributed by atoms with Crippen molar-refractivity contribution in [3.63, 3.8) is 0 Å². The molecule has 0 heterocycles. The van der Waals surface area contributed by atoms with E-state index in [-0.39, 0.29) is 24.5 Å². The average Bonchev–Trinajstić information content (AvgIpc) is 2.84. The highest BCUT2D eigenvalue weighted by Gasteiger charge is 2.32. The third-order valence-electron chi connectivity index (χ3n) is 5.79. The number of benzene rings is 1. The maximum absolute atomic E-state index is 13.2. The van der Waals surface area contributed by atoms with Crippen LogP contribution in [0.15, 0.2) is 24.3 Å². The van der Waals surface area contributed by atoms with Crippen molar-refractivity contribution in [2.45, 2.75) is 63.7 Å². The lowest BCUT2D eigenvalue weighted by Gasteiger charge is -2.28. The lowest BCUT2D eigenvalue weighted by Crippen LogP contribution is -2.59. The smallest absolute Gasteiger partial charge is 0.326 e. The summed E-state index contributed by atoms with van der Waals surface area (Å²) in [6.45, 7) is 3.60. The van der Waals surface area contributed by atoms with E-state index in [2.05, 4.69) is 16.0 Å². The molecule has 4 amide bonds. The fourth-order valence-electron chi connectivity index (χ4n) is 3.38. The highest BCUT2D eigenvalue weighted by molar-refractivity contribution is 7.98. The van der Waals surface area contributed by atoms with Gasteiger partial charge in [-0.05, 0) is 48.5 Å². The zero-order valence-electron chi connectivity index (χ0n) is 21.2. The van der Waals surface area contributed by atoms with Crippen LogP contribution in [0.5, 0.6) is 5.75 Å². The first-order valence-electron chi connectivity index (χ1n) is 11.8. The number of primary amides is 1. The highest BCUT2D eigenvalue weighted by atomic mass is 32.2. The molecule has 9 N–H and O–H groups in total. The van der Waals surface area contributed by atoms with Crippen molar-refractivity contribution in [2.75, 3.05) is 12.0 Å². The van der Waals surface area contributed by atoms with Crippen LogP contribution in [0.1, 0.15) is 38.7 Å². The van der Waals surface area contributed by atoms with Crippen molar-refractivity contribution >= 4 is 41.4 Å². The first-order chi connectivity index (χ1) is 17.4. The monoisotopic (exact) mass is 539 g/mol. The number of carbonyl (C=O) groups excluding carboxylic acids is 4. The molecule has 0 radical (unpaired) electrons. The van der Waals surface area contributed by atoms with Gasteiger partial charge < -0.3 is 37.6 Å². The molecule has 0 spiro atoms. The minimum atomic E-state index is -1.54. The average molecular weight is 540 g/mol. The quantitative estimate of drug-likeness (QED) is 0.144. The fourth-order valence-corrected chi connectivity index (χ4v) is 3.85. The van der Waals surface area contributed by atoms with Gasteiger partial charge in [-0.3, -0.25) is 19.2 Å². The summed E-state index contributed by atoms with van der Waals surface area (Å²) in [6, 6.07) is 1.61. The number of carboxylic acid groups (broad SMARTS) is 1. The largest absolute Gasteiger partial charge is 0.508 e. The van der Waals surface area contributed by atoms with Crippen LogP contribution in [-0.4, -0.2) is 76.0 Å². The predicted octanol–water partition coefficient (Wildman–Crippen LogP) is -0.524. The number of phenols is 1. The molecular weight excluding hydrogens is 502 g/mol. The van der Waals surface area contributed by atoms with E-state index in [0.717, 1.165) is 5.56 Å². The first-order valence-corrected chi connectivity index (χ1v) is 13.2. The second-order valence-electron chi connectivity index (χ2n) is 8.76. The molecule has 0 bridgehead atoms. The van der Waals surface area contributed by atoms with E-state index >= 15 is 0 Å². The number of thioether (sulfide) groups is 1. The summed E-state index contributed by atoms with van der Waals surface area (Å²) in [6.07, 6.45) is 2.10. The van der Waals surface area contributed by atoms with Crippen LogP contribution in [0, 0.1) is 5.92 Å². The summed E-state index contributed by atoms with van der Waals surface area (Å²) < 4.78 is 0. The number of carbonyl (C=O) groups is 5. The van der Waals surface area contributed by atoms with E-state index in [1.54, 1.807) is 19.1 Å². The lowest BCUT2D eigenvalue weighted by molar-refractivity contribution is -0.143. The molecule has 0 fully saturated rings. The van der Waals surface area contributed by atoms with Gasteiger partial charge in [0.05, 0.1) is 12.5 Å². The highest BCUT2D eigenvalue weighted by Crippen LogP contribution is 2.13. The molecule has 37 heavy (non-hydrogen) atoms. The standard InChI is InChI=1S/C24H37N5O7S/c1-4-13(2)20(29-21(32)16(25)11-14-5-7-15(30)8-6-14)23(34)27-17(9-10-37-3)22(33)28-18(24(35)36)12-19(26)31/h5-8,13,16-18,20,30H,4,9-12,25H2,1-3H3,(H2,26,31)(H,27,34)(H,28,33)(H,29,32)(H,35,36). The van der Waals surface area contributed by atoms with Crippen molar-refractivity contribution in [3.8, 4) is 5.75 Å². The number of aromatic hydroxyl groups is 1. The molecule has 206 valence electrons. The Labute approximate surface area is 220 Å². The molecule has 0 aliphatic heterocycles. The van der Waals surface area contributed by atoms with Gasteiger partial charge in [0.25, 0.3) is 0 Å². The molecule has 5 atom stereocenters. The van der Waals surface area contributed by atoms with Crippen LogP contribution in [-0.2, 0) is 30.4 Å². The molecule has 5 unspecified atom stereocenters. The normalized spacial score (nSPS) is 14.9. The number of amides is 4. The summed E-state index contributed by atoms with van der Waals surface area (Å²) in [7, 11) is 0. The van der Waals surface area contributed by atoms with Crippen molar-refractivity contribution in [1.29, 1.82) is 0 Å². The van der Waals surface area contributed by atoms with Crippen LogP contribution in [0.4, 0.5) is 0 Å². The number of rotatable bonds is 16. The number of hydrogen-bond donors (Lipinski definition) is 7. The molecular formula is C24H37N5O7S. The molecule has 0 aromatic heterocycles. The second kappa shape index (κ2) is 15.7. The van der Waals surface area contributed by atoms with Crippen LogP contribution >= 0.6 is 11.8 Å². The Hall–Kier alpha value is -3.32. The van der Waals surface area contributed by atoms with Gasteiger partial charge in [-0.1, -0.05) is 32.4 Å². The third-order valence-corrected chi connectivity index (χ3v) is 6.43. The lowest BCUT2D eigenvalue weighted by atomic mass is 9.96. The molecule has 12 nitrogen and oxygen atoms in total. The molecule has 0 aliphatic rings. The number of nitrogens with one attached hydrogen (secondary N) is 3. The number of hydrogen-bond acceptors (Lipinski definition) is 8. The van der Waals surface area contributed by atoms with Gasteiger partial charge in [0, 0.05) is 0 Å². The van der Waals surface area contributed by atoms with E-state index in [0.29, 0.717) is 12.2 Å². The van der Waals surface area contributed by atoms with Gasteiger partial charge in [-0.2, -0.15) is 11.8 Å². The van der Waals surface area contributed by atoms with Gasteiger partial charge >= 0.3 is 5.97 Å². The minimum Gasteiger partial charge on any atom is -0.508 e. The fraction of sp³-hybridized carbons (Fsp3) is 0.542. The topological polar surface area (TPSA) is 214 Å². The van der Waals surface area contributed by atoms with Crippen LogP contribution < -0.4 is 27.4 Å². The van der Waals surface area contributed by atoms with Crippen molar-refractivity contribution in [1.82, 2.24) is 16.0 Å². The Kier molecular flexibility index (Phi) is 13.5. The number of carboxylic acids is 1. The van der Waals surface area contributed by atoms with Crippen LogP contribution in [0.3, 0.4) is 0 Å². The summed E-state index contributed by atoms with van der Waals surface area (Å²) in [5.41, 5.74) is 11.8.